The van der Waals surface area contributed by atoms with Crippen molar-refractivity contribution >= 4 is 29.1 Å². The Kier molecular flexibility index (Phi) is 7.25. The van der Waals surface area contributed by atoms with Crippen molar-refractivity contribution in [2.75, 3.05) is 25.6 Å². The molecule has 132 valence electrons. The van der Waals surface area contributed by atoms with Gasteiger partial charge in [-0.25, -0.2) is 0 Å². The van der Waals surface area contributed by atoms with Gasteiger partial charge in [-0.15, -0.1) is 0 Å². The van der Waals surface area contributed by atoms with Crippen LogP contribution in [0.1, 0.15) is 5.56 Å². The molecule has 0 aromatic heterocycles. The summed E-state index contributed by atoms with van der Waals surface area (Å²) in [7, 11) is 1.57. The van der Waals surface area contributed by atoms with Crippen LogP contribution in [0.5, 0.6) is 5.75 Å². The highest BCUT2D eigenvalue weighted by atomic mass is 35.5. The van der Waals surface area contributed by atoms with E-state index in [0.29, 0.717) is 29.7 Å². The van der Waals surface area contributed by atoms with E-state index in [9.17, 15) is 9.59 Å². The number of methoxy groups -OCH3 is 1. The number of para-hydroxylation sites is 2. The minimum absolute atomic E-state index is 0.207. The molecule has 2 N–H and O–H groups in total. The van der Waals surface area contributed by atoms with Crippen LogP contribution in [0.3, 0.4) is 0 Å². The number of anilines is 1. The fraction of sp³-hybridized carbons (Fsp3) is 0.222. The van der Waals surface area contributed by atoms with Gasteiger partial charge in [-0.05, 0) is 29.8 Å². The molecule has 2 aromatic carbocycles. The van der Waals surface area contributed by atoms with Gasteiger partial charge in [-0.2, -0.15) is 0 Å². The molecule has 25 heavy (non-hydrogen) atoms. The van der Waals surface area contributed by atoms with Crippen molar-refractivity contribution in [1.82, 2.24) is 5.32 Å². The molecule has 0 fully saturated rings. The Morgan fingerprint density at radius 1 is 1.04 bits per heavy atom. The first kappa shape index (κ1) is 18.8. The predicted molar refractivity (Wildman–Crippen MR) is 95.7 cm³/mol. The number of nitrogens with one attached hydrogen (secondary N) is 2. The van der Waals surface area contributed by atoms with E-state index in [1.165, 1.54) is 0 Å². The highest BCUT2D eigenvalue weighted by Crippen LogP contribution is 2.23. The van der Waals surface area contributed by atoms with Crippen LogP contribution < -0.4 is 15.4 Å². The summed E-state index contributed by atoms with van der Waals surface area (Å²) in [6, 6.07) is 13.9. The summed E-state index contributed by atoms with van der Waals surface area (Å²) in [6.07, 6.45) is 0. The van der Waals surface area contributed by atoms with Crippen molar-refractivity contribution in [1.29, 1.82) is 0 Å². The number of carbonyl (C=O) groups excluding carboxylic acids is 2. The quantitative estimate of drug-likeness (QED) is 0.586. The van der Waals surface area contributed by atoms with Crippen molar-refractivity contribution < 1.29 is 19.1 Å². The molecular weight excluding hydrogens is 344 g/mol. The number of hydrogen-bond acceptors (Lipinski definition) is 4. The normalized spacial score (nSPS) is 10.2. The van der Waals surface area contributed by atoms with Gasteiger partial charge in [0.25, 0.3) is 0 Å². The molecule has 0 atom stereocenters. The fourth-order valence-electron chi connectivity index (χ4n) is 2.02. The van der Waals surface area contributed by atoms with Crippen LogP contribution in [-0.2, 0) is 20.9 Å². The van der Waals surface area contributed by atoms with E-state index < -0.39 is 11.8 Å². The summed E-state index contributed by atoms with van der Waals surface area (Å²) in [6.45, 7) is 0.964. The van der Waals surface area contributed by atoms with Crippen LogP contribution in [-0.4, -0.2) is 32.1 Å². The van der Waals surface area contributed by atoms with Gasteiger partial charge in [0.05, 0.1) is 12.3 Å². The van der Waals surface area contributed by atoms with Gasteiger partial charge in [0.2, 0.25) is 0 Å². The summed E-state index contributed by atoms with van der Waals surface area (Å²) in [5.41, 5.74) is 1.22. The average molecular weight is 363 g/mol. The van der Waals surface area contributed by atoms with Gasteiger partial charge in [0, 0.05) is 18.7 Å². The highest BCUT2D eigenvalue weighted by molar-refractivity contribution is 6.39. The first-order valence-corrected chi connectivity index (χ1v) is 8.02. The van der Waals surface area contributed by atoms with E-state index in [1.807, 2.05) is 6.07 Å². The standard InChI is InChI=1S/C18H19ClN2O4/c1-24-9-10-25-16-8-3-2-7-15(16)21-18(23)17(22)20-12-13-5-4-6-14(19)11-13/h2-8,11H,9-10,12H2,1H3,(H,20,22)(H,21,23). The minimum atomic E-state index is -0.773. The fourth-order valence-corrected chi connectivity index (χ4v) is 2.23. The highest BCUT2D eigenvalue weighted by Gasteiger charge is 2.15. The zero-order valence-electron chi connectivity index (χ0n) is 13.8. The second-order valence-electron chi connectivity index (χ2n) is 5.10. The third kappa shape index (κ3) is 6.10. The number of hydrogen-bond donors (Lipinski definition) is 2. The lowest BCUT2D eigenvalue weighted by atomic mass is 10.2. The van der Waals surface area contributed by atoms with Gasteiger partial charge < -0.3 is 20.1 Å². The van der Waals surface area contributed by atoms with Gasteiger partial charge >= 0.3 is 11.8 Å². The zero-order chi connectivity index (χ0) is 18.1. The molecule has 0 aliphatic heterocycles. The lowest BCUT2D eigenvalue weighted by Gasteiger charge is -2.12. The van der Waals surface area contributed by atoms with Crippen LogP contribution >= 0.6 is 11.6 Å². The molecule has 0 saturated heterocycles. The third-order valence-corrected chi connectivity index (χ3v) is 3.46. The third-order valence-electron chi connectivity index (χ3n) is 3.23. The lowest BCUT2D eigenvalue weighted by Crippen LogP contribution is -2.35. The largest absolute Gasteiger partial charge is 0.489 e. The molecule has 2 amide bonds. The topological polar surface area (TPSA) is 76.7 Å². The predicted octanol–water partition coefficient (Wildman–Crippen LogP) is 2.62. The Balaban J connectivity index is 1.91. The molecule has 0 heterocycles. The molecular formula is C18H19ClN2O4. The van der Waals surface area contributed by atoms with Crippen LogP contribution in [0.2, 0.25) is 5.02 Å². The van der Waals surface area contributed by atoms with Gasteiger partial charge in [0.1, 0.15) is 12.4 Å². The van der Waals surface area contributed by atoms with E-state index >= 15 is 0 Å². The maximum atomic E-state index is 12.1. The molecule has 7 heteroatoms. The molecule has 0 unspecified atom stereocenters. The monoisotopic (exact) mass is 362 g/mol. The Morgan fingerprint density at radius 2 is 1.84 bits per heavy atom. The van der Waals surface area contributed by atoms with E-state index in [2.05, 4.69) is 10.6 Å². The second kappa shape index (κ2) is 9.66. The molecule has 0 spiro atoms. The summed E-state index contributed by atoms with van der Waals surface area (Å²) >= 11 is 5.88. The van der Waals surface area contributed by atoms with E-state index in [0.717, 1.165) is 5.56 Å². The Morgan fingerprint density at radius 3 is 2.60 bits per heavy atom. The van der Waals surface area contributed by atoms with Gasteiger partial charge in [-0.3, -0.25) is 9.59 Å². The van der Waals surface area contributed by atoms with Crippen LogP contribution in [0, 0.1) is 0 Å². The van der Waals surface area contributed by atoms with Gasteiger partial charge in [0.15, 0.2) is 0 Å². The summed E-state index contributed by atoms with van der Waals surface area (Å²) in [5.74, 6) is -1.05. The molecule has 0 aliphatic carbocycles. The molecule has 0 bridgehead atoms. The maximum Gasteiger partial charge on any atom is 0.313 e. The molecule has 2 aromatic rings. The SMILES string of the molecule is COCCOc1ccccc1NC(=O)C(=O)NCc1cccc(Cl)c1. The minimum Gasteiger partial charge on any atom is -0.489 e. The number of rotatable bonds is 7. The van der Waals surface area contributed by atoms with Gasteiger partial charge in [-0.1, -0.05) is 35.9 Å². The summed E-state index contributed by atoms with van der Waals surface area (Å²) < 4.78 is 10.4. The van der Waals surface area contributed by atoms with E-state index in [1.54, 1.807) is 49.6 Å². The van der Waals surface area contributed by atoms with Crippen LogP contribution in [0.25, 0.3) is 0 Å². The smallest absolute Gasteiger partial charge is 0.313 e. The number of ether oxygens (including phenoxy) is 2. The average Bonchev–Trinajstić information content (AvgIpc) is 2.61. The number of benzene rings is 2. The zero-order valence-corrected chi connectivity index (χ0v) is 14.5. The first-order valence-electron chi connectivity index (χ1n) is 7.64. The maximum absolute atomic E-state index is 12.1. The van der Waals surface area contributed by atoms with Crippen LogP contribution in [0.15, 0.2) is 48.5 Å². The Bertz CT molecular complexity index is 737. The lowest BCUT2D eigenvalue weighted by molar-refractivity contribution is -0.136. The number of carbonyl (C=O) groups is 2. The van der Waals surface area contributed by atoms with Crippen molar-refractivity contribution in [3.8, 4) is 5.75 Å². The number of amides is 2. The van der Waals surface area contributed by atoms with E-state index in [4.69, 9.17) is 21.1 Å². The summed E-state index contributed by atoms with van der Waals surface area (Å²) in [5, 5.41) is 5.66. The molecule has 0 saturated carbocycles. The molecule has 0 aliphatic rings. The number of halogens is 1. The second-order valence-corrected chi connectivity index (χ2v) is 5.54. The molecule has 6 nitrogen and oxygen atoms in total. The molecule has 0 radical (unpaired) electrons. The van der Waals surface area contributed by atoms with Crippen molar-refractivity contribution in [3.63, 3.8) is 0 Å². The Labute approximate surface area is 151 Å². The van der Waals surface area contributed by atoms with Crippen molar-refractivity contribution in [3.05, 3.63) is 59.1 Å². The molecule has 2 rings (SSSR count). The van der Waals surface area contributed by atoms with Crippen molar-refractivity contribution in [2.24, 2.45) is 0 Å². The van der Waals surface area contributed by atoms with Crippen LogP contribution in [0.4, 0.5) is 5.69 Å². The first-order chi connectivity index (χ1) is 12.1. The van der Waals surface area contributed by atoms with E-state index in [-0.39, 0.29) is 6.54 Å². The summed E-state index contributed by atoms with van der Waals surface area (Å²) in [4.78, 5) is 24.0. The van der Waals surface area contributed by atoms with Crippen molar-refractivity contribution in [2.45, 2.75) is 6.54 Å². The Hall–Kier alpha value is -2.57.